The van der Waals surface area contributed by atoms with E-state index in [1.807, 2.05) is 0 Å². The molecule has 1 N–H and O–H groups in total. The van der Waals surface area contributed by atoms with Crippen molar-refractivity contribution in [1.29, 1.82) is 10.5 Å². The lowest BCUT2D eigenvalue weighted by molar-refractivity contribution is -0.384. The zero-order chi connectivity index (χ0) is 12.7. The summed E-state index contributed by atoms with van der Waals surface area (Å²) in [6.07, 6.45) is 0. The van der Waals surface area contributed by atoms with Crippen LogP contribution in [0, 0.1) is 32.8 Å². The largest absolute Gasteiger partial charge is 0.295 e. The van der Waals surface area contributed by atoms with E-state index in [9.17, 15) is 10.1 Å². The molecule has 0 spiro atoms. The summed E-state index contributed by atoms with van der Waals surface area (Å²) in [6.45, 7) is -0.142. The van der Waals surface area contributed by atoms with Gasteiger partial charge in [-0.1, -0.05) is 5.22 Å². The Morgan fingerprint density at radius 1 is 1.47 bits per heavy atom. The normalized spacial score (nSPS) is 9.53. The number of rotatable bonds is 4. The van der Waals surface area contributed by atoms with Crippen LogP contribution in [-0.2, 0) is 0 Å². The summed E-state index contributed by atoms with van der Waals surface area (Å²) in [5.74, 6) is 0. The lowest BCUT2D eigenvalue weighted by atomic mass is 10.2. The molecule has 0 amide bonds. The highest BCUT2D eigenvalue weighted by Crippen LogP contribution is 2.25. The van der Waals surface area contributed by atoms with Gasteiger partial charge >= 0.3 is 0 Å². The minimum absolute atomic E-state index is 0.107. The number of nitro groups is 1. The van der Waals surface area contributed by atoms with Crippen LogP contribution in [0.5, 0.6) is 0 Å². The summed E-state index contributed by atoms with van der Waals surface area (Å²) in [5, 5.41) is 34.3. The monoisotopic (exact) mass is 230 g/mol. The smallest absolute Gasteiger partial charge is 0.258 e. The minimum Gasteiger partial charge on any atom is -0.258 e. The predicted molar refractivity (Wildman–Crippen MR) is 56.8 cm³/mol. The molecular formula is C9H6N6O2. The number of nitrogens with zero attached hydrogens (tertiary/aromatic N) is 5. The van der Waals surface area contributed by atoms with E-state index >= 15 is 0 Å². The van der Waals surface area contributed by atoms with Crippen molar-refractivity contribution >= 4 is 11.4 Å². The third-order valence-corrected chi connectivity index (χ3v) is 1.71. The summed E-state index contributed by atoms with van der Waals surface area (Å²) in [7, 11) is 0. The highest BCUT2D eigenvalue weighted by atomic mass is 16.6. The summed E-state index contributed by atoms with van der Waals surface area (Å²) >= 11 is 0. The zero-order valence-corrected chi connectivity index (χ0v) is 8.49. The van der Waals surface area contributed by atoms with Crippen LogP contribution in [0.1, 0.15) is 5.56 Å². The fraction of sp³-hybridized carbons (Fsp3) is 0.111. The first kappa shape index (κ1) is 12.1. The molecule has 8 heteroatoms. The van der Waals surface area contributed by atoms with Gasteiger partial charge < -0.3 is 0 Å². The maximum Gasteiger partial charge on any atom is 0.295 e. The number of hydrogen-bond acceptors (Lipinski definition) is 6. The van der Waals surface area contributed by atoms with Gasteiger partial charge in [0.1, 0.15) is 12.2 Å². The van der Waals surface area contributed by atoms with E-state index in [2.05, 4.69) is 15.8 Å². The summed E-state index contributed by atoms with van der Waals surface area (Å²) in [4.78, 5) is 10.1. The van der Waals surface area contributed by atoms with Gasteiger partial charge in [0.25, 0.3) is 5.69 Å². The van der Waals surface area contributed by atoms with E-state index in [0.717, 1.165) is 6.07 Å². The van der Waals surface area contributed by atoms with Crippen LogP contribution in [-0.4, -0.2) is 11.5 Å². The van der Waals surface area contributed by atoms with E-state index in [1.165, 1.54) is 12.1 Å². The molecule has 1 aromatic carbocycles. The molecule has 0 aliphatic rings. The number of nitrogens with one attached hydrogen (secondary N) is 1. The Morgan fingerprint density at radius 2 is 2.24 bits per heavy atom. The van der Waals surface area contributed by atoms with Crippen molar-refractivity contribution in [3.05, 3.63) is 33.9 Å². The highest BCUT2D eigenvalue weighted by Gasteiger charge is 2.14. The Balaban J connectivity index is 2.96. The fourth-order valence-electron chi connectivity index (χ4n) is 1.00. The predicted octanol–water partition coefficient (Wildman–Crippen LogP) is 1.77. The number of hydrogen-bond donors (Lipinski definition) is 1. The van der Waals surface area contributed by atoms with Crippen molar-refractivity contribution in [2.75, 3.05) is 12.0 Å². The van der Waals surface area contributed by atoms with E-state index < -0.39 is 4.92 Å². The molecular weight excluding hydrogens is 224 g/mol. The molecule has 0 fully saturated rings. The Labute approximate surface area is 95.9 Å². The SMILES string of the molecule is N#CCN=NNc1ccc(C#N)cc1[N+](=O)[O-]. The quantitative estimate of drug-likeness (QED) is 0.364. The summed E-state index contributed by atoms with van der Waals surface area (Å²) < 4.78 is 0. The second kappa shape index (κ2) is 5.78. The first-order chi connectivity index (χ1) is 8.19. The molecule has 0 aliphatic carbocycles. The maximum absolute atomic E-state index is 10.7. The number of nitro benzene ring substituents is 1. The van der Waals surface area contributed by atoms with Crippen molar-refractivity contribution in [3.8, 4) is 12.1 Å². The molecule has 0 aliphatic heterocycles. The molecule has 1 aromatic rings. The molecule has 0 unspecified atom stereocenters. The molecule has 0 aromatic heterocycles. The highest BCUT2D eigenvalue weighted by molar-refractivity contribution is 5.63. The standard InChI is InChI=1S/C9H6N6O2/c10-3-4-12-14-13-8-2-1-7(6-11)5-9(8)15(16)17/h1-2,5H,4H2,(H,12,13). The Hall–Kier alpha value is -3.00. The van der Waals surface area contributed by atoms with Crippen molar-refractivity contribution in [3.63, 3.8) is 0 Å². The summed E-state index contributed by atoms with van der Waals surface area (Å²) in [6, 6.07) is 7.42. The Kier molecular flexibility index (Phi) is 4.10. The average Bonchev–Trinajstić information content (AvgIpc) is 2.34. The van der Waals surface area contributed by atoms with E-state index in [1.54, 1.807) is 12.1 Å². The van der Waals surface area contributed by atoms with Crippen LogP contribution < -0.4 is 5.43 Å². The van der Waals surface area contributed by atoms with Gasteiger partial charge in [-0.3, -0.25) is 15.5 Å². The second-order valence-electron chi connectivity index (χ2n) is 2.77. The van der Waals surface area contributed by atoms with Crippen LogP contribution in [0.25, 0.3) is 0 Å². The van der Waals surface area contributed by atoms with Gasteiger partial charge in [-0.05, 0) is 12.1 Å². The van der Waals surface area contributed by atoms with Crippen molar-refractivity contribution in [1.82, 2.24) is 0 Å². The van der Waals surface area contributed by atoms with E-state index in [4.69, 9.17) is 10.5 Å². The molecule has 0 radical (unpaired) electrons. The van der Waals surface area contributed by atoms with Gasteiger partial charge in [-0.25, -0.2) is 0 Å². The topological polar surface area (TPSA) is 127 Å². The van der Waals surface area contributed by atoms with Crippen LogP contribution in [0.2, 0.25) is 0 Å². The molecule has 8 nitrogen and oxygen atoms in total. The van der Waals surface area contributed by atoms with Crippen molar-refractivity contribution in [2.24, 2.45) is 10.3 Å². The van der Waals surface area contributed by atoms with E-state index in [-0.39, 0.29) is 23.5 Å². The van der Waals surface area contributed by atoms with Crippen LogP contribution in [0.15, 0.2) is 28.5 Å². The molecule has 17 heavy (non-hydrogen) atoms. The van der Waals surface area contributed by atoms with Crippen molar-refractivity contribution < 1.29 is 4.92 Å². The van der Waals surface area contributed by atoms with Gasteiger partial charge in [0.15, 0.2) is 0 Å². The van der Waals surface area contributed by atoms with Gasteiger partial charge in [0, 0.05) is 6.07 Å². The molecule has 0 atom stereocenters. The van der Waals surface area contributed by atoms with E-state index in [0.29, 0.717) is 0 Å². The first-order valence-electron chi connectivity index (χ1n) is 4.37. The molecule has 1 rings (SSSR count). The minimum atomic E-state index is -0.636. The van der Waals surface area contributed by atoms with Gasteiger partial charge in [-0.15, -0.1) is 0 Å². The van der Waals surface area contributed by atoms with Crippen LogP contribution >= 0.6 is 0 Å². The van der Waals surface area contributed by atoms with Gasteiger partial charge in [-0.2, -0.15) is 15.6 Å². The number of benzene rings is 1. The third-order valence-electron chi connectivity index (χ3n) is 1.71. The van der Waals surface area contributed by atoms with Gasteiger partial charge in [0.2, 0.25) is 0 Å². The maximum atomic E-state index is 10.7. The average molecular weight is 230 g/mol. The summed E-state index contributed by atoms with van der Waals surface area (Å²) in [5.41, 5.74) is 2.34. The molecule has 0 saturated heterocycles. The van der Waals surface area contributed by atoms with Crippen LogP contribution in [0.4, 0.5) is 11.4 Å². The Bertz CT molecular complexity index is 539. The number of anilines is 1. The van der Waals surface area contributed by atoms with Crippen molar-refractivity contribution in [2.45, 2.75) is 0 Å². The first-order valence-corrected chi connectivity index (χ1v) is 4.37. The second-order valence-corrected chi connectivity index (χ2v) is 2.77. The molecule has 84 valence electrons. The third kappa shape index (κ3) is 3.25. The fourth-order valence-corrected chi connectivity index (χ4v) is 1.00. The lowest BCUT2D eigenvalue weighted by Gasteiger charge is -2.00. The van der Waals surface area contributed by atoms with Crippen LogP contribution in [0.3, 0.4) is 0 Å². The number of nitriles is 2. The Morgan fingerprint density at radius 3 is 2.82 bits per heavy atom. The molecule has 0 saturated carbocycles. The van der Waals surface area contributed by atoms with Gasteiger partial charge in [0.05, 0.1) is 22.6 Å². The molecule has 0 bridgehead atoms. The zero-order valence-electron chi connectivity index (χ0n) is 8.49. The lowest BCUT2D eigenvalue weighted by Crippen LogP contribution is -1.96. The molecule has 0 heterocycles.